The number of benzene rings is 1. The van der Waals surface area contributed by atoms with Crippen molar-refractivity contribution in [3.8, 4) is 0 Å². The van der Waals surface area contributed by atoms with E-state index in [9.17, 15) is 0 Å². The van der Waals surface area contributed by atoms with E-state index in [1.165, 1.54) is 10.5 Å². The van der Waals surface area contributed by atoms with Crippen LogP contribution in [-0.2, 0) is 0 Å². The molecule has 0 amide bonds. The van der Waals surface area contributed by atoms with Crippen LogP contribution in [0.25, 0.3) is 0 Å². The smallest absolute Gasteiger partial charge is 0.0417 e. The summed E-state index contributed by atoms with van der Waals surface area (Å²) in [7, 11) is 0. The lowest BCUT2D eigenvalue weighted by atomic mass is 9.93. The van der Waals surface area contributed by atoms with Crippen molar-refractivity contribution < 1.29 is 0 Å². The van der Waals surface area contributed by atoms with Crippen molar-refractivity contribution in [1.82, 2.24) is 0 Å². The molecule has 1 aromatic rings. The summed E-state index contributed by atoms with van der Waals surface area (Å²) in [5, 5.41) is 1.46. The van der Waals surface area contributed by atoms with Crippen LogP contribution in [-0.4, -0.2) is 11.8 Å². The van der Waals surface area contributed by atoms with Crippen molar-refractivity contribution in [2.45, 2.75) is 29.4 Å². The normalized spacial score (nSPS) is 25.1. The highest BCUT2D eigenvalue weighted by Gasteiger charge is 2.29. The fourth-order valence-electron chi connectivity index (χ4n) is 2.02. The van der Waals surface area contributed by atoms with Gasteiger partial charge in [0.2, 0.25) is 0 Å². The number of fused-ring (bicyclic) bond motifs is 1. The second kappa shape index (κ2) is 4.13. The molecule has 0 saturated heterocycles. The topological polar surface area (TPSA) is 26.0 Å². The quantitative estimate of drug-likeness (QED) is 0.840. The molecule has 0 bridgehead atoms. The van der Waals surface area contributed by atoms with Crippen molar-refractivity contribution in [1.29, 1.82) is 0 Å². The molecule has 1 nitrogen and oxygen atoms in total. The standard InChI is InChI=1S/C11H14ClNS/c1-7-9(4-5-13)10-3-2-8(12)6-11(10)14-7/h2-3,6-7,9H,4-5,13H2,1H3. The number of nitrogens with two attached hydrogens (primary N) is 1. The fourth-order valence-corrected chi connectivity index (χ4v) is 3.66. The largest absolute Gasteiger partial charge is 0.330 e. The van der Waals surface area contributed by atoms with Gasteiger partial charge in [0, 0.05) is 15.2 Å². The third-order valence-corrected chi connectivity index (χ3v) is 4.28. The van der Waals surface area contributed by atoms with Crippen LogP contribution < -0.4 is 5.73 Å². The van der Waals surface area contributed by atoms with Gasteiger partial charge in [0.1, 0.15) is 0 Å². The number of hydrogen-bond donors (Lipinski definition) is 1. The summed E-state index contributed by atoms with van der Waals surface area (Å²) < 4.78 is 0. The maximum absolute atomic E-state index is 5.96. The highest BCUT2D eigenvalue weighted by Crippen LogP contribution is 2.47. The predicted molar refractivity (Wildman–Crippen MR) is 63.2 cm³/mol. The molecule has 0 radical (unpaired) electrons. The van der Waals surface area contributed by atoms with Crippen LogP contribution in [0.2, 0.25) is 5.02 Å². The monoisotopic (exact) mass is 227 g/mol. The predicted octanol–water partition coefficient (Wildman–Crippen LogP) is 3.27. The lowest BCUT2D eigenvalue weighted by Gasteiger charge is -2.13. The molecule has 0 fully saturated rings. The molecule has 2 unspecified atom stereocenters. The Kier molecular flexibility index (Phi) is 3.05. The van der Waals surface area contributed by atoms with E-state index in [-0.39, 0.29) is 0 Å². The molecule has 0 spiro atoms. The Morgan fingerprint density at radius 1 is 1.50 bits per heavy atom. The second-order valence-electron chi connectivity index (χ2n) is 3.69. The Balaban J connectivity index is 2.33. The van der Waals surface area contributed by atoms with E-state index >= 15 is 0 Å². The summed E-state index contributed by atoms with van der Waals surface area (Å²) >= 11 is 7.87. The molecule has 14 heavy (non-hydrogen) atoms. The molecule has 1 aliphatic rings. The van der Waals surface area contributed by atoms with E-state index < -0.39 is 0 Å². The van der Waals surface area contributed by atoms with Crippen LogP contribution in [0.3, 0.4) is 0 Å². The average Bonchev–Trinajstić information content (AvgIpc) is 2.43. The molecule has 2 atom stereocenters. The molecule has 2 N–H and O–H groups in total. The zero-order valence-corrected chi connectivity index (χ0v) is 9.74. The molecular weight excluding hydrogens is 214 g/mol. The highest BCUT2D eigenvalue weighted by molar-refractivity contribution is 8.00. The van der Waals surface area contributed by atoms with Gasteiger partial charge < -0.3 is 5.73 Å². The number of thioether (sulfide) groups is 1. The van der Waals surface area contributed by atoms with Gasteiger partial charge in [-0.15, -0.1) is 11.8 Å². The van der Waals surface area contributed by atoms with E-state index in [0.29, 0.717) is 11.2 Å². The zero-order chi connectivity index (χ0) is 10.1. The van der Waals surface area contributed by atoms with Gasteiger partial charge in [-0.2, -0.15) is 0 Å². The molecule has 2 rings (SSSR count). The van der Waals surface area contributed by atoms with E-state index in [1.54, 1.807) is 0 Å². The Bertz CT molecular complexity index is 340. The van der Waals surface area contributed by atoms with E-state index in [2.05, 4.69) is 19.1 Å². The minimum atomic E-state index is 0.609. The number of hydrogen-bond acceptors (Lipinski definition) is 2. The van der Waals surface area contributed by atoms with Gasteiger partial charge in [-0.05, 0) is 36.6 Å². The number of halogens is 1. The van der Waals surface area contributed by atoms with Gasteiger partial charge in [-0.25, -0.2) is 0 Å². The summed E-state index contributed by atoms with van der Waals surface area (Å²) in [4.78, 5) is 1.34. The second-order valence-corrected chi connectivity index (χ2v) is 5.54. The van der Waals surface area contributed by atoms with Gasteiger partial charge in [-0.3, -0.25) is 0 Å². The van der Waals surface area contributed by atoms with Crippen molar-refractivity contribution in [3.05, 3.63) is 28.8 Å². The van der Waals surface area contributed by atoms with E-state index in [1.807, 2.05) is 17.8 Å². The third-order valence-electron chi connectivity index (χ3n) is 2.73. The van der Waals surface area contributed by atoms with Gasteiger partial charge >= 0.3 is 0 Å². The van der Waals surface area contributed by atoms with Crippen molar-refractivity contribution in [2.75, 3.05) is 6.54 Å². The zero-order valence-electron chi connectivity index (χ0n) is 8.16. The molecule has 3 heteroatoms. The van der Waals surface area contributed by atoms with E-state index in [0.717, 1.165) is 18.0 Å². The first-order valence-corrected chi connectivity index (χ1v) is 6.14. The van der Waals surface area contributed by atoms with Crippen LogP contribution >= 0.6 is 23.4 Å². The molecular formula is C11H14ClNS. The summed E-state index contributed by atoms with van der Waals surface area (Å²) in [5.41, 5.74) is 7.05. The minimum Gasteiger partial charge on any atom is -0.330 e. The Labute approximate surface area is 94.0 Å². The lowest BCUT2D eigenvalue weighted by molar-refractivity contribution is 0.633. The average molecular weight is 228 g/mol. The molecule has 76 valence electrons. The Hall–Kier alpha value is -0.180. The first-order valence-electron chi connectivity index (χ1n) is 4.88. The maximum Gasteiger partial charge on any atom is 0.0417 e. The molecule has 0 aliphatic carbocycles. The van der Waals surface area contributed by atoms with Crippen molar-refractivity contribution in [2.24, 2.45) is 5.73 Å². The highest BCUT2D eigenvalue weighted by atomic mass is 35.5. The summed E-state index contributed by atoms with van der Waals surface area (Å²) in [6, 6.07) is 6.19. The molecule has 1 heterocycles. The van der Waals surface area contributed by atoms with Crippen molar-refractivity contribution in [3.63, 3.8) is 0 Å². The van der Waals surface area contributed by atoms with Crippen LogP contribution in [0, 0.1) is 0 Å². The van der Waals surface area contributed by atoms with Gasteiger partial charge in [0.15, 0.2) is 0 Å². The molecule has 0 saturated carbocycles. The number of rotatable bonds is 2. The first-order chi connectivity index (χ1) is 6.72. The van der Waals surface area contributed by atoms with Crippen LogP contribution in [0.4, 0.5) is 0 Å². The Morgan fingerprint density at radius 3 is 3.00 bits per heavy atom. The molecule has 1 aliphatic heterocycles. The summed E-state index contributed by atoms with van der Waals surface area (Å²) in [6.45, 7) is 3.02. The van der Waals surface area contributed by atoms with Crippen LogP contribution in [0.15, 0.2) is 23.1 Å². The SMILES string of the molecule is CC1Sc2cc(Cl)ccc2C1CCN. The fraction of sp³-hybridized carbons (Fsp3) is 0.455. The minimum absolute atomic E-state index is 0.609. The maximum atomic E-state index is 5.96. The van der Waals surface area contributed by atoms with Crippen molar-refractivity contribution >= 4 is 23.4 Å². The first kappa shape index (κ1) is 10.3. The van der Waals surface area contributed by atoms with Gasteiger partial charge in [0.25, 0.3) is 0 Å². The third kappa shape index (κ3) is 1.79. The van der Waals surface area contributed by atoms with Crippen LogP contribution in [0.5, 0.6) is 0 Å². The Morgan fingerprint density at radius 2 is 2.29 bits per heavy atom. The van der Waals surface area contributed by atoms with Gasteiger partial charge in [0.05, 0.1) is 0 Å². The summed E-state index contributed by atoms with van der Waals surface area (Å²) in [6.07, 6.45) is 1.07. The molecule has 0 aromatic heterocycles. The van der Waals surface area contributed by atoms with E-state index in [4.69, 9.17) is 17.3 Å². The van der Waals surface area contributed by atoms with Crippen LogP contribution in [0.1, 0.15) is 24.8 Å². The summed E-state index contributed by atoms with van der Waals surface area (Å²) in [5.74, 6) is 0.609. The van der Waals surface area contributed by atoms with Gasteiger partial charge in [-0.1, -0.05) is 24.6 Å². The lowest BCUT2D eigenvalue weighted by Crippen LogP contribution is -2.11. The molecule has 1 aromatic carbocycles.